The lowest BCUT2D eigenvalue weighted by atomic mass is 10.1. The van der Waals surface area contributed by atoms with E-state index in [4.69, 9.17) is 12.2 Å². The van der Waals surface area contributed by atoms with E-state index in [0.29, 0.717) is 11.9 Å². The highest BCUT2D eigenvalue weighted by Crippen LogP contribution is 2.34. The number of aromatic nitrogens is 2. The molecule has 0 N–H and O–H groups in total. The van der Waals surface area contributed by atoms with Crippen LogP contribution in [0, 0.1) is 10.9 Å². The quantitative estimate of drug-likeness (QED) is 0.258. The van der Waals surface area contributed by atoms with Gasteiger partial charge in [0.2, 0.25) is 0 Å². The van der Waals surface area contributed by atoms with Crippen LogP contribution < -0.4 is 5.56 Å². The first-order valence-electron chi connectivity index (χ1n) is 9.51. The highest BCUT2D eigenvalue weighted by atomic mass is 79.9. The average Bonchev–Trinajstić information content (AvgIpc) is 3.09. The third-order valence-corrected chi connectivity index (χ3v) is 7.13. The summed E-state index contributed by atoms with van der Waals surface area (Å²) in [5.41, 5.74) is 5.00. The van der Waals surface area contributed by atoms with E-state index in [9.17, 15) is 4.79 Å². The van der Waals surface area contributed by atoms with E-state index >= 15 is 0 Å². The number of fused-ring (bicyclic) bond motifs is 3. The zero-order valence-electron chi connectivity index (χ0n) is 16.1. The minimum absolute atomic E-state index is 0.00160. The molecule has 0 amide bonds. The Kier molecular flexibility index (Phi) is 4.93. The topological polar surface area (TPSA) is 26.4 Å². The van der Waals surface area contributed by atoms with E-state index in [1.807, 2.05) is 51.4 Å². The summed E-state index contributed by atoms with van der Waals surface area (Å²) in [5, 5.41) is 0.675. The van der Waals surface area contributed by atoms with Crippen LogP contribution in [0.4, 0.5) is 0 Å². The smallest absolute Gasteiger partial charge is 0.261 e. The summed E-state index contributed by atoms with van der Waals surface area (Å²) in [4.78, 5) is 14.6. The molecule has 0 bridgehead atoms. The van der Waals surface area contributed by atoms with Crippen molar-refractivity contribution < 1.29 is 0 Å². The van der Waals surface area contributed by atoms with Crippen molar-refractivity contribution >= 4 is 56.0 Å². The van der Waals surface area contributed by atoms with Gasteiger partial charge in [-0.1, -0.05) is 70.0 Å². The van der Waals surface area contributed by atoms with E-state index in [0.717, 1.165) is 35.6 Å². The molecule has 6 heteroatoms. The summed E-state index contributed by atoms with van der Waals surface area (Å²) in [5.74, 6) is 0. The van der Waals surface area contributed by atoms with Crippen LogP contribution in [0.1, 0.15) is 11.1 Å². The molecule has 0 atom stereocenters. The SMILES string of the molecule is Cc1cccc(Cn2c(=O)c3ccccc3n3c(=S)sc(-c4ccc(Br)cc4)c23)c1. The van der Waals surface area contributed by atoms with E-state index in [1.165, 1.54) is 5.56 Å². The van der Waals surface area contributed by atoms with Crippen molar-refractivity contribution in [3.8, 4) is 10.4 Å². The Morgan fingerprint density at radius 3 is 2.53 bits per heavy atom. The number of hydrogen-bond acceptors (Lipinski definition) is 3. The molecule has 0 spiro atoms. The van der Waals surface area contributed by atoms with Crippen LogP contribution in [0.15, 0.2) is 82.1 Å². The van der Waals surface area contributed by atoms with Crippen LogP contribution in [0.5, 0.6) is 0 Å². The molecule has 3 aromatic carbocycles. The molecule has 0 saturated heterocycles. The lowest BCUT2D eigenvalue weighted by Crippen LogP contribution is -2.23. The maximum absolute atomic E-state index is 13.6. The Morgan fingerprint density at radius 1 is 1.00 bits per heavy atom. The Balaban J connectivity index is 1.90. The van der Waals surface area contributed by atoms with Crippen molar-refractivity contribution in [1.82, 2.24) is 8.97 Å². The number of thiazole rings is 1. The van der Waals surface area contributed by atoms with Crippen LogP contribution in [0.25, 0.3) is 27.0 Å². The van der Waals surface area contributed by atoms with Crippen LogP contribution in [-0.4, -0.2) is 8.97 Å². The lowest BCUT2D eigenvalue weighted by Gasteiger charge is -2.14. The van der Waals surface area contributed by atoms with Gasteiger partial charge in [0, 0.05) is 4.47 Å². The number of hydrogen-bond donors (Lipinski definition) is 0. The van der Waals surface area contributed by atoms with Crippen LogP contribution in [0.2, 0.25) is 0 Å². The van der Waals surface area contributed by atoms with Crippen molar-refractivity contribution in [2.24, 2.45) is 0 Å². The number of halogens is 1. The maximum Gasteiger partial charge on any atom is 0.261 e. The number of nitrogens with zero attached hydrogens (tertiary/aromatic N) is 2. The second-order valence-corrected chi connectivity index (χ2v) is 9.82. The summed E-state index contributed by atoms with van der Waals surface area (Å²) in [7, 11) is 0. The van der Waals surface area contributed by atoms with Crippen LogP contribution in [-0.2, 0) is 6.54 Å². The number of rotatable bonds is 3. The largest absolute Gasteiger partial charge is 0.288 e. The van der Waals surface area contributed by atoms with Crippen molar-refractivity contribution in [2.45, 2.75) is 13.5 Å². The molecule has 2 heterocycles. The maximum atomic E-state index is 13.6. The molecule has 0 radical (unpaired) electrons. The van der Waals surface area contributed by atoms with Gasteiger partial charge in [0.15, 0.2) is 3.95 Å². The Labute approximate surface area is 191 Å². The fourth-order valence-electron chi connectivity index (χ4n) is 3.84. The summed E-state index contributed by atoms with van der Waals surface area (Å²) in [6.07, 6.45) is 0. The van der Waals surface area contributed by atoms with E-state index < -0.39 is 0 Å². The molecule has 3 nitrogen and oxygen atoms in total. The zero-order valence-corrected chi connectivity index (χ0v) is 19.4. The predicted octanol–water partition coefficient (Wildman–Crippen LogP) is 6.83. The normalized spacial score (nSPS) is 11.4. The average molecular weight is 493 g/mol. The molecule has 2 aromatic heterocycles. The van der Waals surface area contributed by atoms with Crippen molar-refractivity contribution in [2.75, 3.05) is 0 Å². The summed E-state index contributed by atoms with van der Waals surface area (Å²) >= 11 is 10.8. The molecule has 0 unspecified atom stereocenters. The first kappa shape index (κ1) is 19.4. The summed E-state index contributed by atoms with van der Waals surface area (Å²) < 4.78 is 5.66. The molecule has 5 aromatic rings. The number of aryl methyl sites for hydroxylation is 1. The lowest BCUT2D eigenvalue weighted by molar-refractivity contribution is 0.780. The van der Waals surface area contributed by atoms with Gasteiger partial charge in [-0.3, -0.25) is 13.8 Å². The minimum atomic E-state index is -0.00160. The first-order chi connectivity index (χ1) is 14.5. The highest BCUT2D eigenvalue weighted by molar-refractivity contribution is 9.10. The first-order valence-corrected chi connectivity index (χ1v) is 11.5. The van der Waals surface area contributed by atoms with E-state index in [-0.39, 0.29) is 5.56 Å². The molecule has 0 aliphatic rings. The van der Waals surface area contributed by atoms with Gasteiger partial charge in [0.1, 0.15) is 5.65 Å². The van der Waals surface area contributed by atoms with Crippen molar-refractivity contribution in [1.29, 1.82) is 0 Å². The van der Waals surface area contributed by atoms with Gasteiger partial charge in [-0.15, -0.1) is 11.3 Å². The second-order valence-electron chi connectivity index (χ2n) is 7.26. The molecule has 0 aliphatic heterocycles. The molecule has 0 aliphatic carbocycles. The molecule has 0 fully saturated rings. The monoisotopic (exact) mass is 492 g/mol. The minimum Gasteiger partial charge on any atom is -0.288 e. The zero-order chi connectivity index (χ0) is 20.8. The number of para-hydroxylation sites is 1. The fraction of sp³-hybridized carbons (Fsp3) is 0.0833. The van der Waals surface area contributed by atoms with Gasteiger partial charge >= 0.3 is 0 Å². The molecule has 0 saturated carbocycles. The Morgan fingerprint density at radius 2 is 1.77 bits per heavy atom. The van der Waals surface area contributed by atoms with E-state index in [2.05, 4.69) is 53.2 Å². The van der Waals surface area contributed by atoms with Gasteiger partial charge < -0.3 is 0 Å². The van der Waals surface area contributed by atoms with E-state index in [1.54, 1.807) is 11.3 Å². The van der Waals surface area contributed by atoms with Gasteiger partial charge in [0.05, 0.1) is 22.3 Å². The molecule has 148 valence electrons. The highest BCUT2D eigenvalue weighted by Gasteiger charge is 2.18. The van der Waals surface area contributed by atoms with Crippen LogP contribution >= 0.6 is 39.5 Å². The predicted molar refractivity (Wildman–Crippen MR) is 131 cm³/mol. The van der Waals surface area contributed by atoms with Gasteiger partial charge in [-0.05, 0) is 54.5 Å². The molecular formula is C24H17BrN2OS2. The fourth-order valence-corrected chi connectivity index (χ4v) is 5.54. The standard InChI is InChI=1S/C24H17BrN2OS2/c1-15-5-4-6-16(13-15)14-26-22-21(17-9-11-18(25)12-10-17)30-24(29)27(22)20-8-3-2-7-19(20)23(26)28/h2-13H,14H2,1H3. The van der Waals surface area contributed by atoms with Gasteiger partial charge in [-0.25, -0.2) is 0 Å². The van der Waals surface area contributed by atoms with Crippen molar-refractivity contribution in [3.63, 3.8) is 0 Å². The van der Waals surface area contributed by atoms with Crippen molar-refractivity contribution in [3.05, 3.63) is 103 Å². The number of benzene rings is 3. The second kappa shape index (κ2) is 7.61. The Bertz CT molecular complexity index is 1530. The summed E-state index contributed by atoms with van der Waals surface area (Å²) in [6.45, 7) is 2.56. The Hall–Kier alpha value is -2.54. The summed E-state index contributed by atoms with van der Waals surface area (Å²) in [6, 6.07) is 24.1. The third kappa shape index (κ3) is 3.25. The van der Waals surface area contributed by atoms with Gasteiger partial charge in [0.25, 0.3) is 5.56 Å². The molecule has 5 rings (SSSR count). The van der Waals surface area contributed by atoms with Crippen LogP contribution in [0.3, 0.4) is 0 Å². The molecule has 30 heavy (non-hydrogen) atoms. The van der Waals surface area contributed by atoms with Gasteiger partial charge in [-0.2, -0.15) is 0 Å². The molecular weight excluding hydrogens is 476 g/mol. The third-order valence-electron chi connectivity index (χ3n) is 5.19.